The van der Waals surface area contributed by atoms with Crippen molar-refractivity contribution in [2.24, 2.45) is 0 Å². The van der Waals surface area contributed by atoms with Crippen LogP contribution in [0.3, 0.4) is 0 Å². The molecule has 0 unspecified atom stereocenters. The fourth-order valence-electron chi connectivity index (χ4n) is 2.39. The number of hydrogen-bond acceptors (Lipinski definition) is 5. The van der Waals surface area contributed by atoms with Crippen LogP contribution in [0.15, 0.2) is 60.1 Å². The Hall–Kier alpha value is -2.67. The zero-order chi connectivity index (χ0) is 16.9. The van der Waals surface area contributed by atoms with Crippen LogP contribution < -0.4 is 0 Å². The highest BCUT2D eigenvalue weighted by atomic mass is 32.2. The van der Waals surface area contributed by atoms with Gasteiger partial charge >= 0.3 is 0 Å². The summed E-state index contributed by atoms with van der Waals surface area (Å²) in [7, 11) is 0. The Morgan fingerprint density at radius 2 is 2.04 bits per heavy atom. The van der Waals surface area contributed by atoms with Crippen molar-refractivity contribution in [3.8, 4) is 0 Å². The zero-order valence-corrected chi connectivity index (χ0v) is 13.9. The second-order valence-corrected chi connectivity index (χ2v) is 6.21. The highest BCUT2D eigenvalue weighted by molar-refractivity contribution is 7.98. The second-order valence-electron chi connectivity index (χ2n) is 5.27. The van der Waals surface area contributed by atoms with Gasteiger partial charge < -0.3 is 4.57 Å². The van der Waals surface area contributed by atoms with E-state index >= 15 is 0 Å². The van der Waals surface area contributed by atoms with Gasteiger partial charge in [0.05, 0.1) is 17.2 Å². The maximum absolute atomic E-state index is 11.0. The first kappa shape index (κ1) is 16.2. The largest absolute Gasteiger partial charge is 0.320 e. The topological polar surface area (TPSA) is 73.8 Å². The lowest BCUT2D eigenvalue weighted by Crippen LogP contribution is -2.02. The van der Waals surface area contributed by atoms with Crippen LogP contribution in [-0.2, 0) is 12.3 Å². The molecule has 2 heterocycles. The van der Waals surface area contributed by atoms with Gasteiger partial charge in [0.1, 0.15) is 0 Å². The number of pyridine rings is 1. The van der Waals surface area contributed by atoms with E-state index < -0.39 is 0 Å². The van der Waals surface area contributed by atoms with Crippen LogP contribution in [0.5, 0.6) is 0 Å². The molecule has 0 aliphatic carbocycles. The Morgan fingerprint density at radius 3 is 2.79 bits per heavy atom. The molecule has 3 aromatic rings. The third kappa shape index (κ3) is 3.62. The van der Waals surface area contributed by atoms with Gasteiger partial charge in [-0.15, -0.1) is 0 Å². The number of nitro benzene ring substituents is 1. The first-order chi connectivity index (χ1) is 11.6. The molecule has 1 aromatic carbocycles. The molecule has 0 aliphatic heterocycles. The number of hydrogen-bond donors (Lipinski definition) is 0. The molecule has 0 saturated carbocycles. The van der Waals surface area contributed by atoms with Crippen LogP contribution >= 0.6 is 11.8 Å². The van der Waals surface area contributed by atoms with Crippen molar-refractivity contribution in [2.75, 3.05) is 0 Å². The van der Waals surface area contributed by atoms with Crippen molar-refractivity contribution < 1.29 is 4.92 Å². The average Bonchev–Trinajstić information content (AvgIpc) is 3.01. The summed E-state index contributed by atoms with van der Waals surface area (Å²) in [6.45, 7) is 2.44. The molecule has 3 rings (SSSR count). The lowest BCUT2D eigenvalue weighted by atomic mass is 10.1. The molecule has 0 fully saturated rings. The third-order valence-corrected chi connectivity index (χ3v) is 4.76. The van der Waals surface area contributed by atoms with Crippen molar-refractivity contribution in [1.82, 2.24) is 14.5 Å². The lowest BCUT2D eigenvalue weighted by Gasteiger charge is -2.08. The van der Waals surface area contributed by atoms with Crippen LogP contribution in [0, 0.1) is 17.0 Å². The van der Waals surface area contributed by atoms with Crippen LogP contribution in [0.25, 0.3) is 0 Å². The van der Waals surface area contributed by atoms with Gasteiger partial charge in [0, 0.05) is 36.0 Å². The van der Waals surface area contributed by atoms with Crippen molar-refractivity contribution in [3.63, 3.8) is 0 Å². The van der Waals surface area contributed by atoms with Gasteiger partial charge in [-0.2, -0.15) is 0 Å². The highest BCUT2D eigenvalue weighted by Crippen LogP contribution is 2.27. The molecule has 0 bridgehead atoms. The quantitative estimate of drug-likeness (QED) is 0.387. The van der Waals surface area contributed by atoms with Crippen molar-refractivity contribution in [1.29, 1.82) is 0 Å². The van der Waals surface area contributed by atoms with Gasteiger partial charge in [0.15, 0.2) is 5.16 Å². The predicted molar refractivity (Wildman–Crippen MR) is 93.0 cm³/mol. The maximum atomic E-state index is 11.0. The van der Waals surface area contributed by atoms with E-state index in [-0.39, 0.29) is 10.6 Å². The Morgan fingerprint density at radius 1 is 1.17 bits per heavy atom. The normalized spacial score (nSPS) is 10.7. The Labute approximate surface area is 143 Å². The fourth-order valence-corrected chi connectivity index (χ4v) is 3.41. The van der Waals surface area contributed by atoms with Gasteiger partial charge in [0.25, 0.3) is 5.69 Å². The second kappa shape index (κ2) is 7.27. The zero-order valence-electron chi connectivity index (χ0n) is 13.1. The average molecular weight is 340 g/mol. The summed E-state index contributed by atoms with van der Waals surface area (Å²) < 4.78 is 2.03. The molecule has 24 heavy (non-hydrogen) atoms. The lowest BCUT2D eigenvalue weighted by molar-refractivity contribution is -0.385. The molecule has 0 aliphatic rings. The van der Waals surface area contributed by atoms with E-state index in [1.54, 1.807) is 37.1 Å². The van der Waals surface area contributed by atoms with Gasteiger partial charge in [-0.1, -0.05) is 30.0 Å². The van der Waals surface area contributed by atoms with Crippen LogP contribution in [0.2, 0.25) is 0 Å². The molecule has 0 radical (unpaired) electrons. The van der Waals surface area contributed by atoms with E-state index in [4.69, 9.17) is 0 Å². The van der Waals surface area contributed by atoms with Crippen LogP contribution in [0.4, 0.5) is 5.69 Å². The van der Waals surface area contributed by atoms with Gasteiger partial charge in [-0.25, -0.2) is 4.98 Å². The number of nitro groups is 1. The number of imidazole rings is 1. The summed E-state index contributed by atoms with van der Waals surface area (Å²) in [6, 6.07) is 11.0. The van der Waals surface area contributed by atoms with E-state index in [1.807, 2.05) is 35.0 Å². The molecule has 122 valence electrons. The fraction of sp³-hybridized carbons (Fsp3) is 0.176. The minimum absolute atomic E-state index is 0.157. The summed E-state index contributed by atoms with van der Waals surface area (Å²) >= 11 is 1.56. The summed E-state index contributed by atoms with van der Waals surface area (Å²) in [5.41, 5.74) is 2.77. The van der Waals surface area contributed by atoms with E-state index in [0.29, 0.717) is 17.9 Å². The Balaban J connectivity index is 1.73. The minimum Gasteiger partial charge on any atom is -0.320 e. The molecule has 6 nitrogen and oxygen atoms in total. The first-order valence-corrected chi connectivity index (χ1v) is 8.40. The molecule has 0 N–H and O–H groups in total. The minimum atomic E-state index is -0.342. The van der Waals surface area contributed by atoms with Crippen molar-refractivity contribution >= 4 is 17.4 Å². The number of nitrogens with zero attached hydrogens (tertiary/aromatic N) is 4. The monoisotopic (exact) mass is 340 g/mol. The Kier molecular flexibility index (Phi) is 4.90. The molecule has 0 spiro atoms. The SMILES string of the molecule is Cc1c(CSc2nccn2Cc2ccccn2)cccc1[N+](=O)[O-]. The summed E-state index contributed by atoms with van der Waals surface area (Å²) in [6.07, 6.45) is 5.44. The number of thioether (sulfide) groups is 1. The summed E-state index contributed by atoms with van der Waals surface area (Å²) in [4.78, 5) is 19.4. The van der Waals surface area contributed by atoms with E-state index in [9.17, 15) is 10.1 Å². The van der Waals surface area contributed by atoms with Crippen molar-refractivity contribution in [3.05, 3.63) is 81.9 Å². The van der Waals surface area contributed by atoms with Gasteiger partial charge in [-0.05, 0) is 24.6 Å². The van der Waals surface area contributed by atoms with Crippen LogP contribution in [0.1, 0.15) is 16.8 Å². The van der Waals surface area contributed by atoms with Crippen LogP contribution in [-0.4, -0.2) is 19.5 Å². The third-order valence-electron chi connectivity index (χ3n) is 3.71. The van der Waals surface area contributed by atoms with E-state index in [2.05, 4.69) is 9.97 Å². The molecule has 2 aromatic heterocycles. The maximum Gasteiger partial charge on any atom is 0.272 e. The number of aromatic nitrogens is 3. The standard InChI is InChI=1S/C17H16N4O2S/c1-13-14(5-4-7-16(13)21(22)23)12-24-17-19-9-10-20(17)11-15-6-2-3-8-18-15/h2-10H,11-12H2,1H3. The van der Waals surface area contributed by atoms with E-state index in [0.717, 1.165) is 16.4 Å². The van der Waals surface area contributed by atoms with Crippen molar-refractivity contribution in [2.45, 2.75) is 24.4 Å². The molecule has 7 heteroatoms. The van der Waals surface area contributed by atoms with Gasteiger partial charge in [0.2, 0.25) is 0 Å². The molecular weight excluding hydrogens is 324 g/mol. The molecule has 0 saturated heterocycles. The summed E-state index contributed by atoms with van der Waals surface area (Å²) in [5.74, 6) is 0.632. The Bertz CT molecular complexity index is 849. The smallest absolute Gasteiger partial charge is 0.272 e. The van der Waals surface area contributed by atoms with Gasteiger partial charge in [-0.3, -0.25) is 15.1 Å². The number of rotatable bonds is 6. The first-order valence-electron chi connectivity index (χ1n) is 7.42. The summed E-state index contributed by atoms with van der Waals surface area (Å²) in [5, 5.41) is 11.9. The number of benzene rings is 1. The molecular formula is C17H16N4O2S. The predicted octanol–water partition coefficient (Wildman–Crippen LogP) is 3.84. The van der Waals surface area contributed by atoms with E-state index in [1.165, 1.54) is 6.07 Å². The molecule has 0 atom stereocenters. The highest BCUT2D eigenvalue weighted by Gasteiger charge is 2.14. The molecule has 0 amide bonds.